The van der Waals surface area contributed by atoms with Crippen molar-refractivity contribution in [2.24, 2.45) is 5.14 Å². The highest BCUT2D eigenvalue weighted by molar-refractivity contribution is 7.89. The number of primary sulfonamides is 1. The van der Waals surface area contributed by atoms with E-state index in [1.165, 1.54) is 12.1 Å². The average molecular weight is 246 g/mol. The monoisotopic (exact) mass is 245 g/mol. The molecule has 1 atom stereocenters. The van der Waals surface area contributed by atoms with Gasteiger partial charge in [-0.25, -0.2) is 13.6 Å². The first-order valence-electron chi connectivity index (χ1n) is 3.93. The molecular weight excluding hydrogens is 238 g/mol. The fraction of sp³-hybridized carbons (Fsp3) is 0.250. The van der Waals surface area contributed by atoms with Crippen molar-refractivity contribution in [1.29, 1.82) is 5.26 Å². The maximum Gasteiger partial charge on any atom is 0.239 e. The first-order chi connectivity index (χ1) is 6.99. The molecule has 80 valence electrons. The van der Waals surface area contributed by atoms with Crippen molar-refractivity contribution >= 4 is 21.6 Å². The average Bonchev–Trinajstić information content (AvgIpc) is 2.19. The van der Waals surface area contributed by atoms with Crippen molar-refractivity contribution in [2.45, 2.75) is 10.8 Å². The van der Waals surface area contributed by atoms with Gasteiger partial charge < -0.3 is 0 Å². The number of pyridine rings is 1. The van der Waals surface area contributed by atoms with Gasteiger partial charge in [-0.15, -0.1) is 11.6 Å². The fourth-order valence-electron chi connectivity index (χ4n) is 0.946. The molecule has 2 N–H and O–H groups in total. The van der Waals surface area contributed by atoms with Gasteiger partial charge in [-0.1, -0.05) is 0 Å². The van der Waals surface area contributed by atoms with Crippen molar-refractivity contribution < 1.29 is 8.42 Å². The standard InChI is InChI=1S/C8H8ClN3O2S/c9-3-6(4-10)8-2-1-7(5-12-8)15(11,13)14/h1-2,5-6H,3H2,(H2,11,13,14). The highest BCUT2D eigenvalue weighted by Crippen LogP contribution is 2.15. The third-order valence-electron chi connectivity index (χ3n) is 1.75. The van der Waals surface area contributed by atoms with Crippen LogP contribution in [-0.4, -0.2) is 19.3 Å². The number of hydrogen-bond acceptors (Lipinski definition) is 4. The summed E-state index contributed by atoms with van der Waals surface area (Å²) in [4.78, 5) is 3.74. The van der Waals surface area contributed by atoms with Crippen LogP contribution in [0.2, 0.25) is 0 Å². The van der Waals surface area contributed by atoms with Crippen LogP contribution in [0.5, 0.6) is 0 Å². The largest absolute Gasteiger partial charge is 0.258 e. The smallest absolute Gasteiger partial charge is 0.239 e. The Kier molecular flexibility index (Phi) is 3.63. The van der Waals surface area contributed by atoms with Crippen LogP contribution in [0.4, 0.5) is 0 Å². The van der Waals surface area contributed by atoms with Gasteiger partial charge in [0.2, 0.25) is 10.0 Å². The summed E-state index contributed by atoms with van der Waals surface area (Å²) in [5, 5.41) is 13.6. The number of hydrogen-bond donors (Lipinski definition) is 1. The molecule has 1 aromatic rings. The second-order valence-corrected chi connectivity index (χ2v) is 4.67. The lowest BCUT2D eigenvalue weighted by molar-refractivity contribution is 0.597. The molecule has 0 aromatic carbocycles. The highest BCUT2D eigenvalue weighted by atomic mass is 35.5. The van der Waals surface area contributed by atoms with E-state index in [1.54, 1.807) is 0 Å². The van der Waals surface area contributed by atoms with E-state index in [2.05, 4.69) is 4.98 Å². The highest BCUT2D eigenvalue weighted by Gasteiger charge is 2.13. The third-order valence-corrected chi connectivity index (χ3v) is 2.96. The van der Waals surface area contributed by atoms with Crippen LogP contribution >= 0.6 is 11.6 Å². The quantitative estimate of drug-likeness (QED) is 0.788. The van der Waals surface area contributed by atoms with Crippen LogP contribution in [0.3, 0.4) is 0 Å². The van der Waals surface area contributed by atoms with Gasteiger partial charge in [-0.3, -0.25) is 4.98 Å². The van der Waals surface area contributed by atoms with E-state index in [-0.39, 0.29) is 10.8 Å². The molecule has 0 bridgehead atoms. The second kappa shape index (κ2) is 4.57. The lowest BCUT2D eigenvalue weighted by Crippen LogP contribution is -2.13. The first-order valence-corrected chi connectivity index (χ1v) is 6.01. The van der Waals surface area contributed by atoms with Crippen LogP contribution < -0.4 is 5.14 Å². The maximum absolute atomic E-state index is 10.9. The minimum Gasteiger partial charge on any atom is -0.258 e. The fourth-order valence-corrected chi connectivity index (χ4v) is 1.63. The van der Waals surface area contributed by atoms with Gasteiger partial charge in [0.15, 0.2) is 0 Å². The zero-order valence-corrected chi connectivity index (χ0v) is 9.16. The molecule has 0 fully saturated rings. The molecule has 0 saturated carbocycles. The van der Waals surface area contributed by atoms with Crippen molar-refractivity contribution in [3.05, 3.63) is 24.0 Å². The predicted molar refractivity (Wildman–Crippen MR) is 54.7 cm³/mol. The van der Waals surface area contributed by atoms with Crippen molar-refractivity contribution in [2.75, 3.05) is 5.88 Å². The topological polar surface area (TPSA) is 96.8 Å². The Balaban J connectivity index is 3.06. The van der Waals surface area contributed by atoms with Crippen molar-refractivity contribution in [3.63, 3.8) is 0 Å². The number of nitriles is 1. The van der Waals surface area contributed by atoms with Crippen LogP contribution in [0, 0.1) is 11.3 Å². The van der Waals surface area contributed by atoms with E-state index in [9.17, 15) is 8.42 Å². The Morgan fingerprint density at radius 2 is 2.27 bits per heavy atom. The summed E-state index contributed by atoms with van der Waals surface area (Å²) in [5.41, 5.74) is 0.430. The molecule has 1 rings (SSSR count). The number of rotatable bonds is 3. The molecule has 0 radical (unpaired) electrons. The Hall–Kier alpha value is -1.16. The van der Waals surface area contributed by atoms with Crippen LogP contribution in [-0.2, 0) is 10.0 Å². The summed E-state index contributed by atoms with van der Waals surface area (Å²) in [6.07, 6.45) is 1.11. The number of sulfonamides is 1. The Morgan fingerprint density at radius 1 is 1.60 bits per heavy atom. The molecule has 0 aliphatic rings. The number of alkyl halides is 1. The van der Waals surface area contributed by atoms with Crippen molar-refractivity contribution in [1.82, 2.24) is 4.98 Å². The van der Waals surface area contributed by atoms with Gasteiger partial charge in [0.1, 0.15) is 10.8 Å². The lowest BCUT2D eigenvalue weighted by Gasteiger charge is -2.04. The molecule has 0 aliphatic carbocycles. The Bertz CT molecular complexity index is 478. The van der Waals surface area contributed by atoms with Crippen molar-refractivity contribution in [3.8, 4) is 6.07 Å². The lowest BCUT2D eigenvalue weighted by atomic mass is 10.1. The molecule has 15 heavy (non-hydrogen) atoms. The van der Waals surface area contributed by atoms with E-state index in [0.717, 1.165) is 6.20 Å². The summed E-state index contributed by atoms with van der Waals surface area (Å²) in [5.74, 6) is -0.431. The zero-order valence-electron chi connectivity index (χ0n) is 7.59. The molecule has 0 saturated heterocycles. The van der Waals surface area contributed by atoms with E-state index in [1.807, 2.05) is 6.07 Å². The predicted octanol–water partition coefficient (Wildman–Crippen LogP) is 0.575. The minimum absolute atomic E-state index is 0.0856. The van der Waals surface area contributed by atoms with Gasteiger partial charge >= 0.3 is 0 Å². The molecule has 1 unspecified atom stereocenters. The van der Waals surface area contributed by atoms with Gasteiger partial charge in [-0.05, 0) is 12.1 Å². The normalized spacial score (nSPS) is 13.1. The van der Waals surface area contributed by atoms with E-state index in [0.29, 0.717) is 5.69 Å². The van der Waals surface area contributed by atoms with E-state index >= 15 is 0 Å². The summed E-state index contributed by atoms with van der Waals surface area (Å²) < 4.78 is 21.8. The number of aromatic nitrogens is 1. The second-order valence-electron chi connectivity index (χ2n) is 2.80. The van der Waals surface area contributed by atoms with Gasteiger partial charge in [0.25, 0.3) is 0 Å². The Morgan fingerprint density at radius 3 is 2.60 bits per heavy atom. The van der Waals surface area contributed by atoms with Crippen LogP contribution in [0.1, 0.15) is 11.6 Å². The first kappa shape index (κ1) is 11.9. The SMILES string of the molecule is N#CC(CCl)c1ccc(S(N)(=O)=O)cn1. The minimum atomic E-state index is -3.74. The molecule has 5 nitrogen and oxygen atoms in total. The summed E-state index contributed by atoms with van der Waals surface area (Å²) in [6.45, 7) is 0. The summed E-state index contributed by atoms with van der Waals surface area (Å²) in [7, 11) is -3.74. The van der Waals surface area contributed by atoms with Gasteiger partial charge in [0.05, 0.1) is 11.8 Å². The van der Waals surface area contributed by atoms with Gasteiger partial charge in [-0.2, -0.15) is 5.26 Å². The van der Waals surface area contributed by atoms with Crippen LogP contribution in [0.15, 0.2) is 23.2 Å². The van der Waals surface area contributed by atoms with Crippen LogP contribution in [0.25, 0.3) is 0 Å². The molecule has 7 heteroatoms. The molecule has 1 aromatic heterocycles. The maximum atomic E-state index is 10.9. The number of nitrogens with two attached hydrogens (primary N) is 1. The molecular formula is C8H8ClN3O2S. The number of halogens is 1. The molecule has 0 spiro atoms. The van der Waals surface area contributed by atoms with Gasteiger partial charge in [0, 0.05) is 12.1 Å². The molecule has 0 amide bonds. The summed E-state index contributed by atoms with van der Waals surface area (Å²) >= 11 is 5.53. The zero-order chi connectivity index (χ0) is 11.5. The summed E-state index contributed by atoms with van der Waals surface area (Å²) in [6, 6.07) is 4.68. The van der Waals surface area contributed by atoms with E-state index in [4.69, 9.17) is 22.0 Å². The third kappa shape index (κ3) is 2.89. The Labute approximate surface area is 92.5 Å². The molecule has 0 aliphatic heterocycles. The van der Waals surface area contributed by atoms with E-state index < -0.39 is 15.9 Å². The molecule has 1 heterocycles. The number of nitrogens with zero attached hydrogens (tertiary/aromatic N) is 2.